The molecule has 4 aromatic rings. The van der Waals surface area contributed by atoms with E-state index < -0.39 is 23.3 Å². The minimum Gasteiger partial charge on any atom is -0.507 e. The second-order valence-electron chi connectivity index (χ2n) is 6.72. The largest absolute Gasteiger partial charge is 0.507 e. The third-order valence-electron chi connectivity index (χ3n) is 4.65. The molecule has 0 spiro atoms. The molecule has 0 aliphatic rings. The zero-order valence-electron chi connectivity index (χ0n) is 16.3. The van der Waals surface area contributed by atoms with Crippen molar-refractivity contribution in [2.45, 2.75) is 0 Å². The van der Waals surface area contributed by atoms with Gasteiger partial charge in [-0.05, 0) is 48.0 Å². The van der Waals surface area contributed by atoms with Gasteiger partial charge in [0.2, 0.25) is 0 Å². The van der Waals surface area contributed by atoms with Crippen molar-refractivity contribution in [2.75, 3.05) is 11.1 Å². The van der Waals surface area contributed by atoms with Gasteiger partial charge in [0, 0.05) is 17.2 Å². The zero-order chi connectivity index (χ0) is 22.8. The first-order chi connectivity index (χ1) is 15.4. The number of nitrogens with two attached hydrogens (primary N) is 1. The molecule has 0 unspecified atom stereocenters. The van der Waals surface area contributed by atoms with Crippen molar-refractivity contribution < 1.29 is 23.1 Å². The summed E-state index contributed by atoms with van der Waals surface area (Å²) in [5, 5.41) is 22.5. The van der Waals surface area contributed by atoms with Gasteiger partial charge in [-0.2, -0.15) is 5.26 Å². The summed E-state index contributed by atoms with van der Waals surface area (Å²) in [6.45, 7) is 0. The number of aromatic nitrogens is 1. The highest BCUT2D eigenvalue weighted by molar-refractivity contribution is 6.03. The SMILES string of the molecule is N#Cc1c(-c2ccc(F)c(N)c2)cc(-c2ccc(F)cc2O)nc1NC(=O)c1ccco1. The van der Waals surface area contributed by atoms with Crippen molar-refractivity contribution in [3.63, 3.8) is 0 Å². The number of hydrogen-bond donors (Lipinski definition) is 3. The third-order valence-corrected chi connectivity index (χ3v) is 4.65. The van der Waals surface area contributed by atoms with Crippen LogP contribution in [0.15, 0.2) is 65.3 Å². The van der Waals surface area contributed by atoms with E-state index in [0.29, 0.717) is 5.56 Å². The normalized spacial score (nSPS) is 10.5. The molecule has 32 heavy (non-hydrogen) atoms. The second kappa shape index (κ2) is 8.20. The molecule has 1 amide bonds. The van der Waals surface area contributed by atoms with Gasteiger partial charge >= 0.3 is 0 Å². The Hall–Kier alpha value is -4.71. The van der Waals surface area contributed by atoms with Crippen LogP contribution >= 0.6 is 0 Å². The van der Waals surface area contributed by atoms with Crippen molar-refractivity contribution in [3.8, 4) is 34.2 Å². The molecule has 2 heterocycles. The van der Waals surface area contributed by atoms with Gasteiger partial charge in [0.1, 0.15) is 29.0 Å². The summed E-state index contributed by atoms with van der Waals surface area (Å²) in [4.78, 5) is 16.8. The van der Waals surface area contributed by atoms with Gasteiger partial charge in [-0.15, -0.1) is 0 Å². The van der Waals surface area contributed by atoms with Crippen LogP contribution in [-0.2, 0) is 0 Å². The number of nitrogens with one attached hydrogen (secondary N) is 1. The number of halogens is 2. The highest BCUT2D eigenvalue weighted by Gasteiger charge is 2.20. The maximum absolute atomic E-state index is 13.7. The van der Waals surface area contributed by atoms with Crippen LogP contribution in [0.3, 0.4) is 0 Å². The third kappa shape index (κ3) is 3.85. The number of carbonyl (C=O) groups is 1. The van der Waals surface area contributed by atoms with E-state index in [9.17, 15) is 23.9 Å². The number of phenolic OH excluding ortho intramolecular Hbond substituents is 1. The number of amides is 1. The number of furan rings is 1. The highest BCUT2D eigenvalue weighted by Crippen LogP contribution is 2.36. The Bertz CT molecular complexity index is 1380. The van der Waals surface area contributed by atoms with Gasteiger partial charge in [-0.3, -0.25) is 4.79 Å². The number of nitriles is 1. The first-order valence-electron chi connectivity index (χ1n) is 9.21. The van der Waals surface area contributed by atoms with E-state index in [2.05, 4.69) is 10.3 Å². The lowest BCUT2D eigenvalue weighted by atomic mass is 9.97. The molecule has 0 aliphatic heterocycles. The molecule has 0 fully saturated rings. The fourth-order valence-corrected chi connectivity index (χ4v) is 3.12. The zero-order valence-corrected chi connectivity index (χ0v) is 16.3. The number of nitrogens with zero attached hydrogens (tertiary/aromatic N) is 2. The molecular formula is C23H14F2N4O3. The van der Waals surface area contributed by atoms with Crippen molar-refractivity contribution in [1.29, 1.82) is 5.26 Å². The number of nitrogen functional groups attached to an aromatic ring is 1. The molecule has 4 N–H and O–H groups in total. The lowest BCUT2D eigenvalue weighted by Gasteiger charge is -2.14. The van der Waals surface area contributed by atoms with E-state index >= 15 is 0 Å². The average molecular weight is 432 g/mol. The minimum absolute atomic E-state index is 0.0155. The van der Waals surface area contributed by atoms with Crippen LogP contribution in [0.1, 0.15) is 16.1 Å². The number of carbonyl (C=O) groups excluding carboxylic acids is 1. The van der Waals surface area contributed by atoms with E-state index in [4.69, 9.17) is 10.2 Å². The molecule has 0 saturated heterocycles. The summed E-state index contributed by atoms with van der Waals surface area (Å²) in [5.41, 5.74) is 6.44. The summed E-state index contributed by atoms with van der Waals surface area (Å²) in [7, 11) is 0. The van der Waals surface area contributed by atoms with E-state index in [1.807, 2.05) is 6.07 Å². The average Bonchev–Trinajstić information content (AvgIpc) is 3.30. The lowest BCUT2D eigenvalue weighted by molar-refractivity contribution is 0.0996. The number of benzene rings is 2. The Labute approximate surface area is 180 Å². The molecule has 158 valence electrons. The molecule has 2 aromatic carbocycles. The van der Waals surface area contributed by atoms with Gasteiger partial charge < -0.3 is 20.6 Å². The predicted molar refractivity (Wildman–Crippen MR) is 112 cm³/mol. The van der Waals surface area contributed by atoms with Gasteiger partial charge in [0.25, 0.3) is 5.91 Å². The maximum atomic E-state index is 13.7. The first-order valence-corrected chi connectivity index (χ1v) is 9.21. The van der Waals surface area contributed by atoms with Crippen molar-refractivity contribution in [3.05, 3.63) is 83.8 Å². The Morgan fingerprint density at radius 1 is 1.12 bits per heavy atom. The van der Waals surface area contributed by atoms with Crippen LogP contribution in [0.25, 0.3) is 22.4 Å². The standard InChI is InChI=1S/C23H14F2N4O3/c24-13-4-5-14(20(30)9-13)19-10-15(12-3-6-17(25)18(27)8-12)16(11-26)22(28-19)29-23(31)21-2-1-7-32-21/h1-10,30H,27H2,(H,28,29,31). The fraction of sp³-hybridized carbons (Fsp3) is 0. The molecule has 0 bridgehead atoms. The monoisotopic (exact) mass is 432 g/mol. The summed E-state index contributed by atoms with van der Waals surface area (Å²) >= 11 is 0. The van der Waals surface area contributed by atoms with Gasteiger partial charge in [0.05, 0.1) is 17.6 Å². The number of hydrogen-bond acceptors (Lipinski definition) is 6. The van der Waals surface area contributed by atoms with Crippen LogP contribution in [0.4, 0.5) is 20.3 Å². The number of aromatic hydroxyl groups is 1. The fourth-order valence-electron chi connectivity index (χ4n) is 3.12. The highest BCUT2D eigenvalue weighted by atomic mass is 19.1. The molecule has 0 aliphatic carbocycles. The molecular weight excluding hydrogens is 418 g/mol. The molecule has 0 saturated carbocycles. The van der Waals surface area contributed by atoms with Crippen LogP contribution < -0.4 is 11.1 Å². The van der Waals surface area contributed by atoms with Crippen molar-refractivity contribution >= 4 is 17.4 Å². The summed E-state index contributed by atoms with van der Waals surface area (Å²) < 4.78 is 32.2. The van der Waals surface area contributed by atoms with Crippen LogP contribution in [-0.4, -0.2) is 16.0 Å². The number of rotatable bonds is 4. The molecule has 0 atom stereocenters. The molecule has 0 radical (unpaired) electrons. The summed E-state index contributed by atoms with van der Waals surface area (Å²) in [6.07, 6.45) is 1.31. The number of anilines is 2. The Kier molecular flexibility index (Phi) is 5.27. The molecule has 2 aromatic heterocycles. The quantitative estimate of drug-likeness (QED) is 0.402. The maximum Gasteiger partial charge on any atom is 0.292 e. The molecule has 4 rings (SSSR count). The van der Waals surface area contributed by atoms with Gasteiger partial charge in [-0.25, -0.2) is 13.8 Å². The Morgan fingerprint density at radius 2 is 1.94 bits per heavy atom. The Morgan fingerprint density at radius 3 is 2.59 bits per heavy atom. The molecule has 9 heteroatoms. The topological polar surface area (TPSA) is 125 Å². The number of phenols is 1. The smallest absolute Gasteiger partial charge is 0.292 e. The van der Waals surface area contributed by atoms with Crippen LogP contribution in [0.5, 0.6) is 5.75 Å². The summed E-state index contributed by atoms with van der Waals surface area (Å²) in [6, 6.07) is 13.6. The van der Waals surface area contributed by atoms with Crippen LogP contribution in [0.2, 0.25) is 0 Å². The van der Waals surface area contributed by atoms with E-state index in [1.165, 1.54) is 42.7 Å². The van der Waals surface area contributed by atoms with Gasteiger partial charge in [0.15, 0.2) is 11.6 Å². The van der Waals surface area contributed by atoms with E-state index in [-0.39, 0.29) is 39.6 Å². The van der Waals surface area contributed by atoms with Crippen molar-refractivity contribution in [2.24, 2.45) is 0 Å². The second-order valence-corrected chi connectivity index (χ2v) is 6.72. The first kappa shape index (κ1) is 20.6. The summed E-state index contributed by atoms with van der Waals surface area (Å²) in [5.74, 6) is -2.49. The van der Waals surface area contributed by atoms with Crippen molar-refractivity contribution in [1.82, 2.24) is 4.98 Å². The Balaban J connectivity index is 1.94. The minimum atomic E-state index is -0.663. The van der Waals surface area contributed by atoms with E-state index in [1.54, 1.807) is 0 Å². The molecule has 7 nitrogen and oxygen atoms in total. The lowest BCUT2D eigenvalue weighted by Crippen LogP contribution is -2.14. The predicted octanol–water partition coefficient (Wildman–Crippen LogP) is 4.70. The van der Waals surface area contributed by atoms with Crippen LogP contribution in [0, 0.1) is 23.0 Å². The van der Waals surface area contributed by atoms with E-state index in [0.717, 1.165) is 18.2 Å². The number of pyridine rings is 1. The van der Waals surface area contributed by atoms with Gasteiger partial charge in [-0.1, -0.05) is 6.07 Å².